The summed E-state index contributed by atoms with van der Waals surface area (Å²) in [5, 5.41) is 3.40. The minimum atomic E-state index is -0.383. The zero-order chi connectivity index (χ0) is 11.5. The van der Waals surface area contributed by atoms with E-state index in [-0.39, 0.29) is 16.9 Å². The monoisotopic (exact) mass is 243 g/mol. The summed E-state index contributed by atoms with van der Waals surface area (Å²) in [6, 6.07) is 5.25. The maximum absolute atomic E-state index is 13.0. The summed E-state index contributed by atoms with van der Waals surface area (Å²) >= 11 is 5.76. The Labute approximate surface area is 99.7 Å². The normalized spacial score (nSPS) is 25.7. The number of rotatable bonds is 2. The number of hydrogen-bond acceptors (Lipinski definition) is 2. The van der Waals surface area contributed by atoms with Gasteiger partial charge in [-0.05, 0) is 37.6 Å². The van der Waals surface area contributed by atoms with Gasteiger partial charge in [0.25, 0.3) is 0 Å². The largest absolute Gasteiger partial charge is 0.373 e. The van der Waals surface area contributed by atoms with Crippen LogP contribution in [0.25, 0.3) is 0 Å². The molecule has 0 aliphatic carbocycles. The van der Waals surface area contributed by atoms with Crippen LogP contribution in [0.2, 0.25) is 5.02 Å². The Hall–Kier alpha value is -0.640. The van der Waals surface area contributed by atoms with Crippen LogP contribution in [0.5, 0.6) is 0 Å². The van der Waals surface area contributed by atoms with Gasteiger partial charge in [-0.15, -0.1) is 0 Å². The van der Waals surface area contributed by atoms with Crippen molar-refractivity contribution in [3.05, 3.63) is 34.6 Å². The summed E-state index contributed by atoms with van der Waals surface area (Å²) in [6.45, 7) is 0.727. The van der Waals surface area contributed by atoms with Crippen LogP contribution in [0, 0.1) is 5.82 Å². The van der Waals surface area contributed by atoms with Gasteiger partial charge in [-0.2, -0.15) is 0 Å². The second-order valence-corrected chi connectivity index (χ2v) is 4.45. The summed E-state index contributed by atoms with van der Waals surface area (Å²) in [6.07, 6.45) is 1.93. The van der Waals surface area contributed by atoms with Crippen LogP contribution in [0.1, 0.15) is 24.5 Å². The molecule has 88 valence electrons. The first kappa shape index (κ1) is 11.8. The van der Waals surface area contributed by atoms with Gasteiger partial charge in [-0.25, -0.2) is 4.39 Å². The van der Waals surface area contributed by atoms with Crippen molar-refractivity contribution < 1.29 is 9.13 Å². The van der Waals surface area contributed by atoms with Crippen molar-refractivity contribution in [3.63, 3.8) is 0 Å². The first-order valence-corrected chi connectivity index (χ1v) is 5.82. The van der Waals surface area contributed by atoms with E-state index in [0.29, 0.717) is 6.04 Å². The molecule has 0 aromatic heterocycles. The highest BCUT2D eigenvalue weighted by molar-refractivity contribution is 6.30. The SMILES string of the molecule is CNC1CCOC(c2ccc(F)c(Cl)c2)C1. The Balaban J connectivity index is 2.13. The quantitative estimate of drug-likeness (QED) is 0.863. The van der Waals surface area contributed by atoms with E-state index in [1.54, 1.807) is 12.1 Å². The molecule has 4 heteroatoms. The van der Waals surface area contributed by atoms with Crippen molar-refractivity contribution in [3.8, 4) is 0 Å². The minimum Gasteiger partial charge on any atom is -0.373 e. The summed E-state index contributed by atoms with van der Waals surface area (Å²) in [4.78, 5) is 0. The highest BCUT2D eigenvalue weighted by atomic mass is 35.5. The summed E-state index contributed by atoms with van der Waals surface area (Å²) in [5.41, 5.74) is 0.950. The van der Waals surface area contributed by atoms with E-state index in [4.69, 9.17) is 16.3 Å². The molecular formula is C12H15ClFNO. The number of hydrogen-bond donors (Lipinski definition) is 1. The van der Waals surface area contributed by atoms with Crippen LogP contribution in [-0.4, -0.2) is 19.7 Å². The lowest BCUT2D eigenvalue weighted by molar-refractivity contribution is 0.00152. The van der Waals surface area contributed by atoms with E-state index in [1.165, 1.54) is 6.07 Å². The zero-order valence-electron chi connectivity index (χ0n) is 9.17. The van der Waals surface area contributed by atoms with Gasteiger partial charge < -0.3 is 10.1 Å². The zero-order valence-corrected chi connectivity index (χ0v) is 9.93. The molecule has 0 spiro atoms. The van der Waals surface area contributed by atoms with Gasteiger partial charge in [0, 0.05) is 12.6 Å². The third-order valence-corrected chi connectivity index (χ3v) is 3.30. The van der Waals surface area contributed by atoms with Crippen LogP contribution < -0.4 is 5.32 Å². The molecule has 0 bridgehead atoms. The van der Waals surface area contributed by atoms with Crippen LogP contribution in [0.15, 0.2) is 18.2 Å². The second kappa shape index (κ2) is 5.13. The van der Waals surface area contributed by atoms with Crippen LogP contribution in [0.3, 0.4) is 0 Å². The van der Waals surface area contributed by atoms with Gasteiger partial charge in [-0.1, -0.05) is 17.7 Å². The van der Waals surface area contributed by atoms with Crippen LogP contribution in [-0.2, 0) is 4.74 Å². The second-order valence-electron chi connectivity index (χ2n) is 4.04. The van der Waals surface area contributed by atoms with E-state index in [2.05, 4.69) is 5.32 Å². The molecule has 2 atom stereocenters. The summed E-state index contributed by atoms with van der Waals surface area (Å²) in [5.74, 6) is -0.383. The summed E-state index contributed by atoms with van der Waals surface area (Å²) < 4.78 is 18.7. The topological polar surface area (TPSA) is 21.3 Å². The van der Waals surface area contributed by atoms with E-state index >= 15 is 0 Å². The molecular weight excluding hydrogens is 229 g/mol. The van der Waals surface area contributed by atoms with Gasteiger partial charge in [0.1, 0.15) is 5.82 Å². The fourth-order valence-electron chi connectivity index (χ4n) is 2.00. The van der Waals surface area contributed by atoms with Crippen LogP contribution in [0.4, 0.5) is 4.39 Å². The van der Waals surface area contributed by atoms with Gasteiger partial charge in [0.2, 0.25) is 0 Å². The maximum atomic E-state index is 13.0. The summed E-state index contributed by atoms with van der Waals surface area (Å²) in [7, 11) is 1.95. The molecule has 1 aromatic carbocycles. The average Bonchev–Trinajstić information content (AvgIpc) is 2.33. The van der Waals surface area contributed by atoms with Crippen LogP contribution >= 0.6 is 11.6 Å². The molecule has 1 saturated heterocycles. The molecule has 0 radical (unpaired) electrons. The molecule has 0 amide bonds. The van der Waals surface area contributed by atoms with Gasteiger partial charge >= 0.3 is 0 Å². The predicted octanol–water partition coefficient (Wildman–Crippen LogP) is 2.92. The lowest BCUT2D eigenvalue weighted by atomic mass is 9.97. The van der Waals surface area contributed by atoms with Gasteiger partial charge in [0.05, 0.1) is 11.1 Å². The van der Waals surface area contributed by atoms with Crippen molar-refractivity contribution in [2.24, 2.45) is 0 Å². The third-order valence-electron chi connectivity index (χ3n) is 3.01. The van der Waals surface area contributed by atoms with E-state index < -0.39 is 0 Å². The fourth-order valence-corrected chi connectivity index (χ4v) is 2.19. The first-order valence-electron chi connectivity index (χ1n) is 5.44. The number of ether oxygens (including phenoxy) is 1. The Morgan fingerprint density at radius 2 is 2.31 bits per heavy atom. The smallest absolute Gasteiger partial charge is 0.141 e. The van der Waals surface area contributed by atoms with Gasteiger partial charge in [-0.3, -0.25) is 0 Å². The maximum Gasteiger partial charge on any atom is 0.141 e. The molecule has 1 aliphatic rings. The molecule has 2 unspecified atom stereocenters. The fraction of sp³-hybridized carbons (Fsp3) is 0.500. The van der Waals surface area contributed by atoms with Gasteiger partial charge in [0.15, 0.2) is 0 Å². The third kappa shape index (κ3) is 2.54. The molecule has 1 fully saturated rings. The Bertz CT molecular complexity index is 372. The Morgan fingerprint density at radius 3 is 3.00 bits per heavy atom. The van der Waals surface area contributed by atoms with E-state index in [0.717, 1.165) is 25.0 Å². The number of benzene rings is 1. The lowest BCUT2D eigenvalue weighted by Gasteiger charge is -2.29. The molecule has 1 N–H and O–H groups in total. The lowest BCUT2D eigenvalue weighted by Crippen LogP contribution is -2.33. The minimum absolute atomic E-state index is 0.0179. The molecule has 16 heavy (non-hydrogen) atoms. The molecule has 1 aliphatic heterocycles. The number of nitrogens with one attached hydrogen (secondary N) is 1. The number of halogens is 2. The molecule has 0 saturated carbocycles. The van der Waals surface area contributed by atoms with Crippen molar-refractivity contribution in [1.29, 1.82) is 0 Å². The van der Waals surface area contributed by atoms with Crippen molar-refractivity contribution in [1.82, 2.24) is 5.32 Å². The highest BCUT2D eigenvalue weighted by Crippen LogP contribution is 2.30. The predicted molar refractivity (Wildman–Crippen MR) is 62.2 cm³/mol. The molecule has 2 rings (SSSR count). The highest BCUT2D eigenvalue weighted by Gasteiger charge is 2.23. The van der Waals surface area contributed by atoms with Crippen molar-refractivity contribution in [2.45, 2.75) is 25.0 Å². The first-order chi connectivity index (χ1) is 7.70. The average molecular weight is 244 g/mol. The Kier molecular flexibility index (Phi) is 3.79. The molecule has 1 aromatic rings. The van der Waals surface area contributed by atoms with E-state index in [1.807, 2.05) is 7.05 Å². The van der Waals surface area contributed by atoms with E-state index in [9.17, 15) is 4.39 Å². The van der Waals surface area contributed by atoms with Crippen molar-refractivity contribution >= 4 is 11.6 Å². The van der Waals surface area contributed by atoms with Crippen molar-refractivity contribution in [2.75, 3.05) is 13.7 Å². The Morgan fingerprint density at radius 1 is 1.50 bits per heavy atom. The standard InChI is InChI=1S/C12H15ClFNO/c1-15-9-4-5-16-12(7-9)8-2-3-11(14)10(13)6-8/h2-3,6,9,12,15H,4-5,7H2,1H3. The molecule has 1 heterocycles. The molecule has 2 nitrogen and oxygen atoms in total.